The van der Waals surface area contributed by atoms with Crippen LogP contribution in [-0.2, 0) is 0 Å². The van der Waals surface area contributed by atoms with Gasteiger partial charge < -0.3 is 5.32 Å². The number of hydrogen-bond acceptors (Lipinski definition) is 2. The van der Waals surface area contributed by atoms with Crippen LogP contribution in [0.25, 0.3) is 0 Å². The molecule has 102 valence electrons. The first-order valence-corrected chi connectivity index (χ1v) is 7.93. The Morgan fingerprint density at radius 2 is 1.89 bits per heavy atom. The normalized spacial score (nSPS) is 14.3. The van der Waals surface area contributed by atoms with E-state index in [-0.39, 0.29) is 0 Å². The van der Waals surface area contributed by atoms with Crippen molar-refractivity contribution in [3.05, 3.63) is 57.8 Å². The second-order valence-electron chi connectivity index (χ2n) is 5.12. The van der Waals surface area contributed by atoms with E-state index in [2.05, 4.69) is 67.9 Å². The highest BCUT2D eigenvalue weighted by Crippen LogP contribution is 2.32. The van der Waals surface area contributed by atoms with Crippen LogP contribution in [0, 0.1) is 6.92 Å². The first-order chi connectivity index (χ1) is 9.22. The van der Waals surface area contributed by atoms with Gasteiger partial charge in [0.25, 0.3) is 0 Å². The Hall–Kier alpha value is -1.12. The molecule has 0 saturated carbocycles. The summed E-state index contributed by atoms with van der Waals surface area (Å²) in [5.41, 5.74) is 2.83. The van der Waals surface area contributed by atoms with Crippen molar-refractivity contribution in [2.75, 3.05) is 6.54 Å². The van der Waals surface area contributed by atoms with Gasteiger partial charge in [0, 0.05) is 16.8 Å². The summed E-state index contributed by atoms with van der Waals surface area (Å²) in [6.07, 6.45) is 1.17. The lowest BCUT2D eigenvalue weighted by Crippen LogP contribution is -2.26. The highest BCUT2D eigenvalue weighted by molar-refractivity contribution is 7.10. The van der Waals surface area contributed by atoms with E-state index in [1.54, 1.807) is 0 Å². The van der Waals surface area contributed by atoms with Crippen molar-refractivity contribution in [3.63, 3.8) is 0 Å². The molecule has 2 rings (SSSR count). The Labute approximate surface area is 120 Å². The van der Waals surface area contributed by atoms with Crippen molar-refractivity contribution in [1.29, 1.82) is 0 Å². The predicted molar refractivity (Wildman–Crippen MR) is 84.9 cm³/mol. The van der Waals surface area contributed by atoms with E-state index < -0.39 is 0 Å². The van der Waals surface area contributed by atoms with Crippen molar-refractivity contribution in [3.8, 4) is 0 Å². The summed E-state index contributed by atoms with van der Waals surface area (Å²) in [4.78, 5) is 1.39. The zero-order chi connectivity index (χ0) is 13.7. The molecule has 19 heavy (non-hydrogen) atoms. The second-order valence-corrected chi connectivity index (χ2v) is 6.24. The molecule has 0 amide bonds. The van der Waals surface area contributed by atoms with Crippen LogP contribution >= 0.6 is 11.3 Å². The Morgan fingerprint density at radius 3 is 2.47 bits per heavy atom. The van der Waals surface area contributed by atoms with Gasteiger partial charge in [-0.05, 0) is 42.5 Å². The highest BCUT2D eigenvalue weighted by Gasteiger charge is 2.20. The fourth-order valence-corrected chi connectivity index (χ4v) is 3.20. The first-order valence-electron chi connectivity index (χ1n) is 7.05. The van der Waals surface area contributed by atoms with Crippen molar-refractivity contribution >= 4 is 11.3 Å². The zero-order valence-electron chi connectivity index (χ0n) is 12.0. The minimum Gasteiger partial charge on any atom is -0.309 e. The van der Waals surface area contributed by atoms with Gasteiger partial charge in [0.05, 0.1) is 0 Å². The monoisotopic (exact) mass is 273 g/mol. The van der Waals surface area contributed by atoms with Gasteiger partial charge in [0.15, 0.2) is 0 Å². The minimum absolute atomic E-state index is 0.410. The Balaban J connectivity index is 2.22. The summed E-state index contributed by atoms with van der Waals surface area (Å²) in [6.45, 7) is 7.78. The van der Waals surface area contributed by atoms with E-state index in [9.17, 15) is 0 Å². The Kier molecular flexibility index (Phi) is 5.17. The molecule has 0 aliphatic heterocycles. The number of aryl methyl sites for hydroxylation is 1. The summed E-state index contributed by atoms with van der Waals surface area (Å²) in [5, 5.41) is 6.00. The van der Waals surface area contributed by atoms with Crippen LogP contribution < -0.4 is 5.32 Å². The topological polar surface area (TPSA) is 12.0 Å². The van der Waals surface area contributed by atoms with Crippen LogP contribution in [0.1, 0.15) is 48.2 Å². The Morgan fingerprint density at radius 1 is 1.16 bits per heavy atom. The molecule has 2 aromatic rings. The van der Waals surface area contributed by atoms with E-state index in [0.717, 1.165) is 6.54 Å². The lowest BCUT2D eigenvalue weighted by Gasteiger charge is -2.25. The van der Waals surface area contributed by atoms with Crippen molar-refractivity contribution in [1.82, 2.24) is 5.32 Å². The maximum atomic E-state index is 3.70. The summed E-state index contributed by atoms with van der Waals surface area (Å²) < 4.78 is 0. The Bertz CT molecular complexity index is 489. The molecule has 2 heteroatoms. The number of hydrogen-bond donors (Lipinski definition) is 1. The molecule has 0 aliphatic carbocycles. The molecule has 0 fully saturated rings. The standard InChI is InChI=1S/C17H23NS/c1-4-10-18-17(16-11-13(2)19-12-16)14(3)15-8-6-5-7-9-15/h5-9,11-12,14,17-18H,4,10H2,1-3H3. The molecule has 2 atom stereocenters. The van der Waals surface area contributed by atoms with Gasteiger partial charge in [-0.1, -0.05) is 44.2 Å². The molecular weight excluding hydrogens is 250 g/mol. The molecule has 0 spiro atoms. The molecule has 0 aliphatic rings. The van der Waals surface area contributed by atoms with E-state index in [1.165, 1.54) is 22.4 Å². The SMILES string of the molecule is CCCNC(c1csc(C)c1)C(C)c1ccccc1. The molecule has 0 bridgehead atoms. The second kappa shape index (κ2) is 6.88. The van der Waals surface area contributed by atoms with Gasteiger partial charge in [-0.3, -0.25) is 0 Å². The van der Waals surface area contributed by atoms with Gasteiger partial charge in [0.1, 0.15) is 0 Å². The van der Waals surface area contributed by atoms with Crippen LogP contribution in [0.15, 0.2) is 41.8 Å². The van der Waals surface area contributed by atoms with Crippen molar-refractivity contribution < 1.29 is 0 Å². The molecule has 1 heterocycles. The molecular formula is C17H23NS. The maximum Gasteiger partial charge on any atom is 0.0395 e. The van der Waals surface area contributed by atoms with Crippen molar-refractivity contribution in [2.45, 2.75) is 39.2 Å². The van der Waals surface area contributed by atoms with Crippen LogP contribution in [0.3, 0.4) is 0 Å². The smallest absolute Gasteiger partial charge is 0.0395 e. The number of nitrogens with one attached hydrogen (secondary N) is 1. The summed E-state index contributed by atoms with van der Waals surface area (Å²) in [5.74, 6) is 0.488. The highest BCUT2D eigenvalue weighted by atomic mass is 32.1. The maximum absolute atomic E-state index is 3.70. The van der Waals surface area contributed by atoms with E-state index in [1.807, 2.05) is 11.3 Å². The summed E-state index contributed by atoms with van der Waals surface area (Å²) in [7, 11) is 0. The summed E-state index contributed by atoms with van der Waals surface area (Å²) >= 11 is 1.84. The van der Waals surface area contributed by atoms with Crippen molar-refractivity contribution in [2.24, 2.45) is 0 Å². The minimum atomic E-state index is 0.410. The molecule has 2 unspecified atom stereocenters. The number of thiophene rings is 1. The lowest BCUT2D eigenvalue weighted by molar-refractivity contribution is 0.467. The third-order valence-electron chi connectivity index (χ3n) is 3.55. The quantitative estimate of drug-likeness (QED) is 0.789. The number of rotatable bonds is 6. The molecule has 1 aromatic heterocycles. The molecule has 0 radical (unpaired) electrons. The van der Waals surface area contributed by atoms with Crippen LogP contribution in [-0.4, -0.2) is 6.54 Å². The third kappa shape index (κ3) is 3.68. The zero-order valence-corrected chi connectivity index (χ0v) is 12.8. The van der Waals surface area contributed by atoms with Gasteiger partial charge in [-0.25, -0.2) is 0 Å². The molecule has 0 saturated heterocycles. The fraction of sp³-hybridized carbons (Fsp3) is 0.412. The number of benzene rings is 1. The third-order valence-corrected chi connectivity index (χ3v) is 4.43. The van der Waals surface area contributed by atoms with Gasteiger partial charge in [-0.2, -0.15) is 0 Å². The predicted octanol–water partition coefficient (Wildman–Crippen LogP) is 4.90. The van der Waals surface area contributed by atoms with Gasteiger partial charge in [0.2, 0.25) is 0 Å². The largest absolute Gasteiger partial charge is 0.309 e. The summed E-state index contributed by atoms with van der Waals surface area (Å²) in [6, 6.07) is 13.5. The van der Waals surface area contributed by atoms with Crippen LogP contribution in [0.2, 0.25) is 0 Å². The van der Waals surface area contributed by atoms with E-state index >= 15 is 0 Å². The van der Waals surface area contributed by atoms with E-state index in [4.69, 9.17) is 0 Å². The van der Waals surface area contributed by atoms with Gasteiger partial charge >= 0.3 is 0 Å². The fourth-order valence-electron chi connectivity index (χ4n) is 2.46. The lowest BCUT2D eigenvalue weighted by atomic mass is 9.89. The molecule has 1 N–H and O–H groups in total. The molecule has 1 nitrogen and oxygen atoms in total. The average Bonchev–Trinajstić information content (AvgIpc) is 2.86. The van der Waals surface area contributed by atoms with Crippen LogP contribution in [0.4, 0.5) is 0 Å². The first kappa shape index (κ1) is 14.3. The van der Waals surface area contributed by atoms with Gasteiger partial charge in [-0.15, -0.1) is 11.3 Å². The van der Waals surface area contributed by atoms with E-state index in [0.29, 0.717) is 12.0 Å². The average molecular weight is 273 g/mol. The van der Waals surface area contributed by atoms with Crippen LogP contribution in [0.5, 0.6) is 0 Å². The molecule has 1 aromatic carbocycles.